The van der Waals surface area contributed by atoms with Crippen molar-refractivity contribution in [2.75, 3.05) is 6.61 Å². The Morgan fingerprint density at radius 3 is 2.62 bits per heavy atom. The van der Waals surface area contributed by atoms with E-state index in [1.54, 1.807) is 24.4 Å². The molecule has 0 saturated heterocycles. The number of furan rings is 1. The van der Waals surface area contributed by atoms with Crippen LogP contribution in [0, 0.1) is 0 Å². The van der Waals surface area contributed by atoms with E-state index in [0.29, 0.717) is 29.1 Å². The van der Waals surface area contributed by atoms with Crippen LogP contribution in [0.15, 0.2) is 106 Å². The molecule has 0 unspecified atom stereocenters. The van der Waals surface area contributed by atoms with Crippen molar-refractivity contribution in [3.05, 3.63) is 107 Å². The topological polar surface area (TPSA) is 69.6 Å². The summed E-state index contributed by atoms with van der Waals surface area (Å²) in [7, 11) is 0. The summed E-state index contributed by atoms with van der Waals surface area (Å²) >= 11 is 0. The minimum atomic E-state index is -0.270. The molecule has 3 aromatic carbocycles. The molecule has 0 spiro atoms. The molecule has 0 fully saturated rings. The largest absolute Gasteiger partial charge is 0.490 e. The number of hydrogen-bond acceptors (Lipinski definition) is 5. The van der Waals surface area contributed by atoms with Gasteiger partial charge in [0.2, 0.25) is 5.82 Å². The van der Waals surface area contributed by atoms with Crippen LogP contribution in [-0.2, 0) is 0 Å². The maximum atomic E-state index is 13.3. The molecule has 0 aliphatic rings. The predicted molar refractivity (Wildman–Crippen MR) is 126 cm³/mol. The third-order valence-corrected chi connectivity index (χ3v) is 4.97. The molecule has 0 radical (unpaired) electrons. The molecule has 0 bridgehead atoms. The van der Waals surface area contributed by atoms with Gasteiger partial charge in [0.25, 0.3) is 5.56 Å². The number of aromatic nitrogens is 2. The third kappa shape index (κ3) is 3.70. The molecule has 5 rings (SSSR count). The van der Waals surface area contributed by atoms with E-state index in [4.69, 9.17) is 9.15 Å². The van der Waals surface area contributed by atoms with Crippen molar-refractivity contribution >= 4 is 28.1 Å². The molecule has 156 valence electrons. The minimum Gasteiger partial charge on any atom is -0.490 e. The van der Waals surface area contributed by atoms with Crippen molar-refractivity contribution in [2.24, 2.45) is 5.10 Å². The molecule has 6 nitrogen and oxygen atoms in total. The van der Waals surface area contributed by atoms with Gasteiger partial charge in [-0.05, 0) is 54.1 Å². The maximum Gasteiger partial charge on any atom is 0.282 e. The van der Waals surface area contributed by atoms with Crippen LogP contribution >= 0.6 is 0 Å². The van der Waals surface area contributed by atoms with Gasteiger partial charge in [-0.15, -0.1) is 0 Å². The minimum absolute atomic E-state index is 0.270. The number of nitrogens with zero attached hydrogens (tertiary/aromatic N) is 3. The summed E-state index contributed by atoms with van der Waals surface area (Å²) in [4.78, 5) is 18.0. The van der Waals surface area contributed by atoms with Gasteiger partial charge in [0.05, 0.1) is 17.1 Å². The SMILES string of the molecule is C=CCOc1ccc(C=Nn2c(-c3cc4ccccc4o3)nc3ccccc3c2=O)cc1. The fourth-order valence-corrected chi connectivity index (χ4v) is 3.41. The Labute approximate surface area is 183 Å². The van der Waals surface area contributed by atoms with Crippen molar-refractivity contribution < 1.29 is 9.15 Å². The fraction of sp³-hybridized carbons (Fsp3) is 0.0385. The molecule has 0 saturated carbocycles. The number of hydrogen-bond donors (Lipinski definition) is 0. The Morgan fingerprint density at radius 1 is 1.03 bits per heavy atom. The zero-order valence-corrected chi connectivity index (χ0v) is 17.1. The van der Waals surface area contributed by atoms with Gasteiger partial charge in [-0.2, -0.15) is 9.78 Å². The second kappa shape index (κ2) is 8.35. The quantitative estimate of drug-likeness (QED) is 0.277. The summed E-state index contributed by atoms with van der Waals surface area (Å²) in [5, 5.41) is 5.87. The van der Waals surface area contributed by atoms with Crippen LogP contribution in [0.25, 0.3) is 33.5 Å². The Morgan fingerprint density at radius 2 is 1.81 bits per heavy atom. The second-order valence-corrected chi connectivity index (χ2v) is 7.13. The fourth-order valence-electron chi connectivity index (χ4n) is 3.41. The molecular weight excluding hydrogens is 402 g/mol. The molecule has 2 heterocycles. The second-order valence-electron chi connectivity index (χ2n) is 7.13. The highest BCUT2D eigenvalue weighted by Crippen LogP contribution is 2.27. The number of fused-ring (bicyclic) bond motifs is 2. The maximum absolute atomic E-state index is 13.3. The summed E-state index contributed by atoms with van der Waals surface area (Å²) in [5.41, 5.74) is 1.85. The molecule has 0 amide bonds. The van der Waals surface area contributed by atoms with Gasteiger partial charge in [-0.3, -0.25) is 4.79 Å². The monoisotopic (exact) mass is 421 g/mol. The van der Waals surface area contributed by atoms with E-state index >= 15 is 0 Å². The van der Waals surface area contributed by atoms with E-state index in [1.165, 1.54) is 4.68 Å². The van der Waals surface area contributed by atoms with Crippen LogP contribution in [0.4, 0.5) is 0 Å². The van der Waals surface area contributed by atoms with E-state index in [1.807, 2.05) is 66.7 Å². The summed E-state index contributed by atoms with van der Waals surface area (Å²) in [6, 6.07) is 24.1. The number of rotatable bonds is 6. The van der Waals surface area contributed by atoms with Crippen LogP contribution in [0.2, 0.25) is 0 Å². The zero-order chi connectivity index (χ0) is 21.9. The average Bonchev–Trinajstić information content (AvgIpc) is 3.27. The highest BCUT2D eigenvalue weighted by molar-refractivity contribution is 5.84. The van der Waals surface area contributed by atoms with Crippen molar-refractivity contribution in [1.29, 1.82) is 0 Å². The van der Waals surface area contributed by atoms with E-state index in [2.05, 4.69) is 16.7 Å². The average molecular weight is 421 g/mol. The summed E-state index contributed by atoms with van der Waals surface area (Å²) in [6.07, 6.45) is 3.30. The van der Waals surface area contributed by atoms with Crippen LogP contribution < -0.4 is 10.3 Å². The highest BCUT2D eigenvalue weighted by Gasteiger charge is 2.16. The lowest BCUT2D eigenvalue weighted by Crippen LogP contribution is -2.20. The third-order valence-electron chi connectivity index (χ3n) is 4.97. The molecule has 6 heteroatoms. The Hall–Kier alpha value is -4.45. The molecule has 0 atom stereocenters. The summed E-state index contributed by atoms with van der Waals surface area (Å²) in [5.74, 6) is 1.54. The van der Waals surface area contributed by atoms with Crippen LogP contribution in [0.1, 0.15) is 5.56 Å². The van der Waals surface area contributed by atoms with Gasteiger partial charge in [-0.25, -0.2) is 4.98 Å². The van der Waals surface area contributed by atoms with Crippen LogP contribution in [-0.4, -0.2) is 22.5 Å². The summed E-state index contributed by atoms with van der Waals surface area (Å²) in [6.45, 7) is 4.08. The van der Waals surface area contributed by atoms with Gasteiger partial charge in [0, 0.05) is 5.39 Å². The number of para-hydroxylation sites is 2. The molecule has 0 aliphatic heterocycles. The van der Waals surface area contributed by atoms with E-state index in [9.17, 15) is 4.79 Å². The molecule has 32 heavy (non-hydrogen) atoms. The molecular formula is C26H19N3O3. The molecule has 0 aliphatic carbocycles. The van der Waals surface area contributed by atoms with Gasteiger partial charge in [-0.1, -0.05) is 43.0 Å². The summed E-state index contributed by atoms with van der Waals surface area (Å²) < 4.78 is 12.8. The first kappa shape index (κ1) is 19.5. The lowest BCUT2D eigenvalue weighted by Gasteiger charge is -2.07. The Bertz CT molecular complexity index is 1480. The van der Waals surface area contributed by atoms with Crippen molar-refractivity contribution in [2.45, 2.75) is 0 Å². The zero-order valence-electron chi connectivity index (χ0n) is 17.1. The van der Waals surface area contributed by atoms with Gasteiger partial charge >= 0.3 is 0 Å². The number of benzene rings is 3. The Balaban J connectivity index is 1.61. The molecule has 2 aromatic heterocycles. The number of ether oxygens (including phenoxy) is 1. The van der Waals surface area contributed by atoms with E-state index in [-0.39, 0.29) is 5.56 Å². The first-order valence-corrected chi connectivity index (χ1v) is 10.1. The molecule has 0 N–H and O–H groups in total. The van der Waals surface area contributed by atoms with Crippen LogP contribution in [0.3, 0.4) is 0 Å². The van der Waals surface area contributed by atoms with Gasteiger partial charge in [0.1, 0.15) is 17.9 Å². The standard InChI is InChI=1S/C26H19N3O3/c1-2-15-31-20-13-11-18(12-14-20)17-27-29-25(24-16-19-7-3-6-10-23(19)32-24)28-22-9-5-4-8-21(22)26(29)30/h2-14,16-17H,1,15H2. The predicted octanol–water partition coefficient (Wildman–Crippen LogP) is 5.26. The van der Waals surface area contributed by atoms with Crippen molar-refractivity contribution in [3.8, 4) is 17.3 Å². The lowest BCUT2D eigenvalue weighted by molar-refractivity contribution is 0.363. The van der Waals surface area contributed by atoms with Crippen molar-refractivity contribution in [1.82, 2.24) is 9.66 Å². The first-order valence-electron chi connectivity index (χ1n) is 10.1. The highest BCUT2D eigenvalue weighted by atomic mass is 16.5. The van der Waals surface area contributed by atoms with Crippen molar-refractivity contribution in [3.63, 3.8) is 0 Å². The van der Waals surface area contributed by atoms with E-state index < -0.39 is 0 Å². The van der Waals surface area contributed by atoms with Gasteiger partial charge in [0.15, 0.2) is 5.76 Å². The normalized spacial score (nSPS) is 11.4. The smallest absolute Gasteiger partial charge is 0.282 e. The molecule has 5 aromatic rings. The Kier molecular flexibility index (Phi) is 5.09. The lowest BCUT2D eigenvalue weighted by atomic mass is 10.2. The van der Waals surface area contributed by atoms with Gasteiger partial charge < -0.3 is 9.15 Å². The van der Waals surface area contributed by atoms with Crippen LogP contribution in [0.5, 0.6) is 5.75 Å². The van der Waals surface area contributed by atoms with E-state index in [0.717, 1.165) is 22.3 Å². The first-order chi connectivity index (χ1) is 15.7.